The summed E-state index contributed by atoms with van der Waals surface area (Å²) in [5, 5.41) is 28.3. The van der Waals surface area contributed by atoms with Crippen LogP contribution in [0.1, 0.15) is 23.2 Å². The summed E-state index contributed by atoms with van der Waals surface area (Å²) < 4.78 is 1.76. The van der Waals surface area contributed by atoms with Crippen LogP contribution in [0, 0.1) is 13.8 Å². The zero-order valence-corrected chi connectivity index (χ0v) is 14.1. The SMILES string of the molecule is Cc1cc(C)n(-c2ccc(NC[C@](C)(O)c3cccs3)nn2)n1. The fourth-order valence-electron chi connectivity index (χ4n) is 2.33. The largest absolute Gasteiger partial charge is 0.383 e. The summed E-state index contributed by atoms with van der Waals surface area (Å²) in [6.07, 6.45) is 0. The molecule has 6 nitrogen and oxygen atoms in total. The maximum atomic E-state index is 10.5. The molecule has 1 atom stereocenters. The molecule has 0 aliphatic carbocycles. The second-order valence-electron chi connectivity index (χ2n) is 5.72. The van der Waals surface area contributed by atoms with Gasteiger partial charge >= 0.3 is 0 Å². The summed E-state index contributed by atoms with van der Waals surface area (Å²) in [6.45, 7) is 6.07. The number of hydrogen-bond donors (Lipinski definition) is 2. The van der Waals surface area contributed by atoms with Crippen molar-refractivity contribution in [2.45, 2.75) is 26.4 Å². The van der Waals surface area contributed by atoms with E-state index < -0.39 is 5.60 Å². The molecule has 120 valence electrons. The average molecular weight is 329 g/mol. The zero-order valence-electron chi connectivity index (χ0n) is 13.3. The van der Waals surface area contributed by atoms with Crippen LogP contribution >= 0.6 is 11.3 Å². The highest BCUT2D eigenvalue weighted by molar-refractivity contribution is 7.10. The first kappa shape index (κ1) is 15.6. The topological polar surface area (TPSA) is 75.9 Å². The minimum Gasteiger partial charge on any atom is -0.383 e. The predicted molar refractivity (Wildman–Crippen MR) is 91.0 cm³/mol. The number of nitrogens with zero attached hydrogens (tertiary/aromatic N) is 4. The Hall–Kier alpha value is -2.25. The summed E-state index contributed by atoms with van der Waals surface area (Å²) in [4.78, 5) is 0.914. The van der Waals surface area contributed by atoms with Gasteiger partial charge in [0.2, 0.25) is 0 Å². The third-order valence-electron chi connectivity index (χ3n) is 3.54. The molecule has 0 spiro atoms. The number of thiophene rings is 1. The second kappa shape index (κ2) is 6.10. The van der Waals surface area contributed by atoms with Gasteiger partial charge in [0.15, 0.2) is 5.82 Å². The standard InChI is InChI=1S/C16H19N5OS/c1-11-9-12(2)21(20-11)15-7-6-14(18-19-15)17-10-16(3,22)13-5-4-8-23-13/h4-9,22H,10H2,1-3H3,(H,17,18)/t16-/m0/s1. The van der Waals surface area contributed by atoms with E-state index in [2.05, 4.69) is 20.6 Å². The van der Waals surface area contributed by atoms with Crippen LogP contribution in [0.25, 0.3) is 5.82 Å². The van der Waals surface area contributed by atoms with Crippen molar-refractivity contribution in [1.29, 1.82) is 0 Å². The van der Waals surface area contributed by atoms with E-state index in [9.17, 15) is 5.11 Å². The molecule has 3 heterocycles. The first-order valence-corrected chi connectivity index (χ1v) is 8.21. The lowest BCUT2D eigenvalue weighted by atomic mass is 10.1. The van der Waals surface area contributed by atoms with Crippen molar-refractivity contribution in [3.05, 3.63) is 52.0 Å². The van der Waals surface area contributed by atoms with Gasteiger partial charge in [0, 0.05) is 17.1 Å². The Bertz CT molecular complexity index is 777. The van der Waals surface area contributed by atoms with Crippen molar-refractivity contribution in [3.63, 3.8) is 0 Å². The molecule has 0 saturated heterocycles. The van der Waals surface area contributed by atoms with Crippen molar-refractivity contribution in [3.8, 4) is 5.82 Å². The highest BCUT2D eigenvalue weighted by Crippen LogP contribution is 2.25. The zero-order chi connectivity index (χ0) is 16.4. The molecule has 23 heavy (non-hydrogen) atoms. The molecule has 2 N–H and O–H groups in total. The minimum atomic E-state index is -0.940. The van der Waals surface area contributed by atoms with Crippen molar-refractivity contribution < 1.29 is 5.11 Å². The molecule has 0 fully saturated rings. The van der Waals surface area contributed by atoms with Crippen LogP contribution in [0.2, 0.25) is 0 Å². The lowest BCUT2D eigenvalue weighted by Crippen LogP contribution is -2.30. The third-order valence-corrected chi connectivity index (χ3v) is 4.67. The number of aryl methyl sites for hydroxylation is 2. The molecule has 3 rings (SSSR count). The van der Waals surface area contributed by atoms with Crippen molar-refractivity contribution >= 4 is 17.2 Å². The summed E-state index contributed by atoms with van der Waals surface area (Å²) in [5.74, 6) is 1.29. The highest BCUT2D eigenvalue weighted by atomic mass is 32.1. The number of hydrogen-bond acceptors (Lipinski definition) is 6. The molecule has 3 aromatic rings. The molecule has 0 unspecified atom stereocenters. The molecule has 0 amide bonds. The monoisotopic (exact) mass is 329 g/mol. The van der Waals surface area contributed by atoms with Gasteiger partial charge in [-0.15, -0.1) is 21.5 Å². The molecule has 0 bridgehead atoms. The number of nitrogens with one attached hydrogen (secondary N) is 1. The van der Waals surface area contributed by atoms with Gasteiger partial charge in [-0.25, -0.2) is 4.68 Å². The van der Waals surface area contributed by atoms with E-state index in [1.807, 2.05) is 49.6 Å². The van der Waals surface area contributed by atoms with E-state index in [1.165, 1.54) is 11.3 Å². The molecular formula is C16H19N5OS. The molecule has 7 heteroatoms. The quantitative estimate of drug-likeness (QED) is 0.752. The predicted octanol–water partition coefficient (Wildman–Crippen LogP) is 2.66. The van der Waals surface area contributed by atoms with E-state index in [4.69, 9.17) is 0 Å². The maximum Gasteiger partial charge on any atom is 0.176 e. The Morgan fingerprint density at radius 2 is 2.09 bits per heavy atom. The molecule has 0 aromatic carbocycles. The van der Waals surface area contributed by atoms with Crippen LogP contribution < -0.4 is 5.32 Å². The normalized spacial score (nSPS) is 13.7. The van der Waals surface area contributed by atoms with Crippen LogP contribution in [0.15, 0.2) is 35.7 Å². The molecule has 0 saturated carbocycles. The van der Waals surface area contributed by atoms with E-state index in [1.54, 1.807) is 11.6 Å². The number of anilines is 1. The van der Waals surface area contributed by atoms with Crippen molar-refractivity contribution in [1.82, 2.24) is 20.0 Å². The first-order valence-electron chi connectivity index (χ1n) is 7.33. The van der Waals surface area contributed by atoms with Gasteiger partial charge in [0.1, 0.15) is 11.4 Å². The van der Waals surface area contributed by atoms with Gasteiger partial charge in [0.25, 0.3) is 0 Å². The number of aliphatic hydroxyl groups is 1. The summed E-state index contributed by atoms with van der Waals surface area (Å²) in [7, 11) is 0. The van der Waals surface area contributed by atoms with Gasteiger partial charge in [-0.2, -0.15) is 5.10 Å². The van der Waals surface area contributed by atoms with Crippen LogP contribution in [-0.2, 0) is 5.60 Å². The lowest BCUT2D eigenvalue weighted by Gasteiger charge is -2.22. The Kier molecular flexibility index (Phi) is 4.14. The lowest BCUT2D eigenvalue weighted by molar-refractivity contribution is 0.0753. The Balaban J connectivity index is 1.70. The molecular weight excluding hydrogens is 310 g/mol. The summed E-state index contributed by atoms with van der Waals surface area (Å²) in [6, 6.07) is 9.53. The van der Waals surface area contributed by atoms with Gasteiger partial charge in [0.05, 0.1) is 5.69 Å². The van der Waals surface area contributed by atoms with Crippen LogP contribution in [-0.4, -0.2) is 31.6 Å². The smallest absolute Gasteiger partial charge is 0.176 e. The van der Waals surface area contributed by atoms with Gasteiger partial charge < -0.3 is 10.4 Å². The number of rotatable bonds is 5. The third kappa shape index (κ3) is 3.40. The van der Waals surface area contributed by atoms with E-state index in [0.29, 0.717) is 18.2 Å². The Labute approximate surface area is 138 Å². The van der Waals surface area contributed by atoms with Crippen molar-refractivity contribution in [2.75, 3.05) is 11.9 Å². The van der Waals surface area contributed by atoms with Crippen LogP contribution in [0.5, 0.6) is 0 Å². The van der Waals surface area contributed by atoms with Crippen LogP contribution in [0.3, 0.4) is 0 Å². The Morgan fingerprint density at radius 3 is 2.65 bits per heavy atom. The second-order valence-corrected chi connectivity index (χ2v) is 6.67. The average Bonchev–Trinajstić information content (AvgIpc) is 3.16. The minimum absolute atomic E-state index is 0.363. The van der Waals surface area contributed by atoms with Gasteiger partial charge in [-0.05, 0) is 50.4 Å². The summed E-state index contributed by atoms with van der Waals surface area (Å²) >= 11 is 1.53. The molecule has 3 aromatic heterocycles. The van der Waals surface area contributed by atoms with Gasteiger partial charge in [-0.1, -0.05) is 6.07 Å². The Morgan fingerprint density at radius 1 is 1.26 bits per heavy atom. The maximum absolute atomic E-state index is 10.5. The van der Waals surface area contributed by atoms with Crippen molar-refractivity contribution in [2.24, 2.45) is 0 Å². The van der Waals surface area contributed by atoms with E-state index >= 15 is 0 Å². The molecule has 0 aliphatic rings. The van der Waals surface area contributed by atoms with Gasteiger partial charge in [-0.3, -0.25) is 0 Å². The van der Waals surface area contributed by atoms with E-state index in [-0.39, 0.29) is 0 Å². The fourth-order valence-corrected chi connectivity index (χ4v) is 3.12. The fraction of sp³-hybridized carbons (Fsp3) is 0.312. The molecule has 0 aliphatic heterocycles. The highest BCUT2D eigenvalue weighted by Gasteiger charge is 2.24. The summed E-state index contributed by atoms with van der Waals surface area (Å²) in [5.41, 5.74) is 1.01. The first-order chi connectivity index (χ1) is 11.0. The number of aromatic nitrogens is 4. The van der Waals surface area contributed by atoms with E-state index in [0.717, 1.165) is 16.3 Å². The van der Waals surface area contributed by atoms with Crippen LogP contribution in [0.4, 0.5) is 5.82 Å². The molecule has 0 radical (unpaired) electrons.